The lowest BCUT2D eigenvalue weighted by Gasteiger charge is -1.95. The number of carbonyl (C=O) groups excluding carboxylic acids is 2. The smallest absolute Gasteiger partial charge is 0.310 e. The molecule has 2 aromatic heterocycles. The van der Waals surface area contributed by atoms with E-state index in [0.29, 0.717) is 12.8 Å². The second-order valence-corrected chi connectivity index (χ2v) is 6.37. The predicted octanol–water partition coefficient (Wildman–Crippen LogP) is 2.91. The predicted molar refractivity (Wildman–Crippen MR) is 79.1 cm³/mol. The molecule has 0 radical (unpaired) electrons. The summed E-state index contributed by atoms with van der Waals surface area (Å²) in [7, 11) is 2.77. The average molecular weight is 310 g/mol. The molecule has 106 valence electrons. The summed E-state index contributed by atoms with van der Waals surface area (Å²) in [5.41, 5.74) is 0. The van der Waals surface area contributed by atoms with E-state index in [1.54, 1.807) is 22.7 Å². The van der Waals surface area contributed by atoms with Crippen molar-refractivity contribution >= 4 is 34.6 Å². The molecule has 20 heavy (non-hydrogen) atoms. The molecule has 0 N–H and O–H groups in total. The zero-order chi connectivity index (χ0) is 14.5. The number of rotatable bonds is 5. The minimum absolute atomic E-state index is 0.240. The molecule has 2 rings (SSSR count). The molecule has 0 saturated heterocycles. The molecule has 0 atom stereocenters. The Balaban J connectivity index is 2.08. The number of carbonyl (C=O) groups is 2. The second-order valence-electron chi connectivity index (χ2n) is 4.04. The van der Waals surface area contributed by atoms with Gasteiger partial charge < -0.3 is 9.47 Å². The first kappa shape index (κ1) is 14.7. The van der Waals surface area contributed by atoms with Crippen LogP contribution in [0.4, 0.5) is 0 Å². The van der Waals surface area contributed by atoms with Gasteiger partial charge in [-0.15, -0.1) is 22.7 Å². The summed E-state index contributed by atoms with van der Waals surface area (Å²) in [6.07, 6.45) is 0.586. The Bertz CT molecular complexity index is 558. The molecule has 0 aliphatic rings. The van der Waals surface area contributed by atoms with Gasteiger partial charge in [-0.3, -0.25) is 9.59 Å². The quantitative estimate of drug-likeness (QED) is 0.797. The van der Waals surface area contributed by atoms with Crippen molar-refractivity contribution in [3.8, 4) is 9.75 Å². The van der Waals surface area contributed by atoms with E-state index in [2.05, 4.69) is 9.47 Å². The third kappa shape index (κ3) is 3.68. The minimum Gasteiger partial charge on any atom is -0.469 e. The molecule has 6 heteroatoms. The molecule has 0 aliphatic heterocycles. The monoisotopic (exact) mass is 310 g/mol. The van der Waals surface area contributed by atoms with Crippen molar-refractivity contribution in [1.29, 1.82) is 0 Å². The Kier molecular flexibility index (Phi) is 4.92. The number of hydrogen-bond acceptors (Lipinski definition) is 6. The molecular weight excluding hydrogens is 296 g/mol. The van der Waals surface area contributed by atoms with Crippen LogP contribution in [-0.2, 0) is 31.9 Å². The lowest BCUT2D eigenvalue weighted by molar-refractivity contribution is -0.140. The summed E-state index contributed by atoms with van der Waals surface area (Å²) in [6.45, 7) is 0. The SMILES string of the molecule is COC(=O)Cc1ccc(-c2ccc(CC(=O)OC)s2)s1. The number of methoxy groups -OCH3 is 2. The maximum absolute atomic E-state index is 11.2. The fraction of sp³-hybridized carbons (Fsp3) is 0.286. The Morgan fingerprint density at radius 1 is 0.850 bits per heavy atom. The second kappa shape index (κ2) is 6.67. The van der Waals surface area contributed by atoms with Crippen LogP contribution in [-0.4, -0.2) is 26.2 Å². The summed E-state index contributed by atoms with van der Waals surface area (Å²) in [5.74, 6) is -0.480. The van der Waals surface area contributed by atoms with Crippen molar-refractivity contribution in [3.05, 3.63) is 34.0 Å². The zero-order valence-corrected chi connectivity index (χ0v) is 12.8. The first-order valence-electron chi connectivity index (χ1n) is 5.94. The van der Waals surface area contributed by atoms with E-state index in [4.69, 9.17) is 0 Å². The molecule has 4 nitrogen and oxygen atoms in total. The van der Waals surface area contributed by atoms with Gasteiger partial charge in [0.05, 0.1) is 27.1 Å². The minimum atomic E-state index is -0.240. The number of thiophene rings is 2. The first-order valence-corrected chi connectivity index (χ1v) is 7.57. The van der Waals surface area contributed by atoms with E-state index in [-0.39, 0.29) is 11.9 Å². The summed E-state index contributed by atoms with van der Waals surface area (Å²) >= 11 is 3.12. The zero-order valence-electron chi connectivity index (χ0n) is 11.2. The van der Waals surface area contributed by atoms with Crippen LogP contribution in [0.2, 0.25) is 0 Å². The van der Waals surface area contributed by atoms with Gasteiger partial charge >= 0.3 is 11.9 Å². The van der Waals surface area contributed by atoms with Gasteiger partial charge in [0.15, 0.2) is 0 Å². The van der Waals surface area contributed by atoms with E-state index in [1.165, 1.54) is 14.2 Å². The van der Waals surface area contributed by atoms with Crippen LogP contribution in [0, 0.1) is 0 Å². The molecule has 2 aromatic rings. The molecule has 0 unspecified atom stereocenters. The third-order valence-corrected chi connectivity index (χ3v) is 5.02. The molecule has 0 aromatic carbocycles. The molecular formula is C14H14O4S2. The number of hydrogen-bond donors (Lipinski definition) is 0. The van der Waals surface area contributed by atoms with Crippen LogP contribution in [0.5, 0.6) is 0 Å². The largest absolute Gasteiger partial charge is 0.469 e. The van der Waals surface area contributed by atoms with E-state index < -0.39 is 0 Å². The van der Waals surface area contributed by atoms with Gasteiger partial charge in [0.1, 0.15) is 0 Å². The highest BCUT2D eigenvalue weighted by Gasteiger charge is 2.11. The van der Waals surface area contributed by atoms with Crippen LogP contribution in [0.15, 0.2) is 24.3 Å². The normalized spacial score (nSPS) is 10.3. The van der Waals surface area contributed by atoms with Gasteiger partial charge in [-0.25, -0.2) is 0 Å². The fourth-order valence-electron chi connectivity index (χ4n) is 1.64. The van der Waals surface area contributed by atoms with E-state index in [1.807, 2.05) is 24.3 Å². The average Bonchev–Trinajstić information content (AvgIpc) is 3.07. The van der Waals surface area contributed by atoms with Crippen molar-refractivity contribution in [2.45, 2.75) is 12.8 Å². The van der Waals surface area contributed by atoms with E-state index >= 15 is 0 Å². The van der Waals surface area contributed by atoms with Crippen molar-refractivity contribution in [2.24, 2.45) is 0 Å². The van der Waals surface area contributed by atoms with Crippen molar-refractivity contribution in [2.75, 3.05) is 14.2 Å². The molecule has 0 saturated carbocycles. The molecule has 0 amide bonds. The van der Waals surface area contributed by atoms with E-state index in [9.17, 15) is 9.59 Å². The summed E-state index contributed by atoms with van der Waals surface area (Å²) in [6, 6.07) is 7.82. The summed E-state index contributed by atoms with van der Waals surface area (Å²) in [5, 5.41) is 0. The lowest BCUT2D eigenvalue weighted by Crippen LogP contribution is -2.02. The highest BCUT2D eigenvalue weighted by molar-refractivity contribution is 7.22. The Hall–Kier alpha value is -1.66. The van der Waals surface area contributed by atoms with Gasteiger partial charge in [0.2, 0.25) is 0 Å². The number of ether oxygens (including phenoxy) is 2. The standard InChI is InChI=1S/C14H14O4S2/c1-17-13(15)7-9-3-5-11(19-9)12-6-4-10(20-12)8-14(16)18-2/h3-6H,7-8H2,1-2H3. The van der Waals surface area contributed by atoms with E-state index in [0.717, 1.165) is 19.5 Å². The topological polar surface area (TPSA) is 52.6 Å². The molecule has 2 heterocycles. The van der Waals surface area contributed by atoms with Crippen molar-refractivity contribution in [3.63, 3.8) is 0 Å². The van der Waals surface area contributed by atoms with Gasteiger partial charge in [-0.2, -0.15) is 0 Å². The third-order valence-electron chi connectivity index (χ3n) is 2.66. The van der Waals surface area contributed by atoms with Gasteiger partial charge in [-0.05, 0) is 24.3 Å². The van der Waals surface area contributed by atoms with Crippen LogP contribution in [0.3, 0.4) is 0 Å². The van der Waals surface area contributed by atoms with Crippen molar-refractivity contribution < 1.29 is 19.1 Å². The molecule has 0 aliphatic carbocycles. The van der Waals surface area contributed by atoms with Gasteiger partial charge in [0, 0.05) is 19.5 Å². The highest BCUT2D eigenvalue weighted by Crippen LogP contribution is 2.34. The van der Waals surface area contributed by atoms with Crippen LogP contribution in [0.1, 0.15) is 9.75 Å². The Morgan fingerprint density at radius 3 is 1.60 bits per heavy atom. The molecule has 0 fully saturated rings. The Labute approximate surface area is 125 Å². The maximum atomic E-state index is 11.2. The van der Waals surface area contributed by atoms with Crippen LogP contribution < -0.4 is 0 Å². The van der Waals surface area contributed by atoms with Crippen molar-refractivity contribution in [1.82, 2.24) is 0 Å². The summed E-state index contributed by atoms with van der Waals surface area (Å²) < 4.78 is 9.30. The molecule has 0 spiro atoms. The first-order chi connectivity index (χ1) is 9.62. The molecule has 0 bridgehead atoms. The Morgan fingerprint density at radius 2 is 1.25 bits per heavy atom. The lowest BCUT2D eigenvalue weighted by atomic mass is 10.3. The van der Waals surface area contributed by atoms with Crippen LogP contribution >= 0.6 is 22.7 Å². The highest BCUT2D eigenvalue weighted by atomic mass is 32.1. The van der Waals surface area contributed by atoms with Gasteiger partial charge in [0.25, 0.3) is 0 Å². The maximum Gasteiger partial charge on any atom is 0.310 e. The summed E-state index contributed by atoms with van der Waals surface area (Å²) in [4.78, 5) is 26.6. The van der Waals surface area contributed by atoms with Crippen LogP contribution in [0.25, 0.3) is 9.75 Å². The number of esters is 2. The van der Waals surface area contributed by atoms with Gasteiger partial charge in [-0.1, -0.05) is 0 Å². The fourth-order valence-corrected chi connectivity index (χ4v) is 3.72.